The van der Waals surface area contributed by atoms with Crippen LogP contribution in [0.1, 0.15) is 11.7 Å². The fraction of sp³-hybridized carbons (Fsp3) is 0.200. The van der Waals surface area contributed by atoms with Crippen LogP contribution in [0.2, 0.25) is 0 Å². The Morgan fingerprint density at radius 3 is 2.71 bits per heavy atom. The lowest BCUT2D eigenvalue weighted by molar-refractivity contribution is 0.388. The normalized spacial score (nSPS) is 10.6. The van der Waals surface area contributed by atoms with Gasteiger partial charge in [0.15, 0.2) is 17.5 Å². The van der Waals surface area contributed by atoms with Gasteiger partial charge >= 0.3 is 0 Å². The molecule has 0 fully saturated rings. The standard InChI is InChI=1S/C10H8F3N3O/c1-5-15-9(16-17-5)4-14-8-3-6(11)2-7(12)10(8)13/h2-3,14H,4H2,1H3. The summed E-state index contributed by atoms with van der Waals surface area (Å²) in [4.78, 5) is 3.85. The maximum absolute atomic E-state index is 13.2. The van der Waals surface area contributed by atoms with Gasteiger partial charge in [0, 0.05) is 19.1 Å². The first-order chi connectivity index (χ1) is 8.06. The van der Waals surface area contributed by atoms with Crippen molar-refractivity contribution >= 4 is 5.69 Å². The molecule has 2 aromatic rings. The molecule has 0 spiro atoms. The minimum Gasteiger partial charge on any atom is -0.375 e. The van der Waals surface area contributed by atoms with Gasteiger partial charge in [-0.1, -0.05) is 5.16 Å². The summed E-state index contributed by atoms with van der Waals surface area (Å²) in [6, 6.07) is 1.32. The quantitative estimate of drug-likeness (QED) is 0.841. The monoisotopic (exact) mass is 243 g/mol. The van der Waals surface area contributed by atoms with Gasteiger partial charge in [-0.15, -0.1) is 0 Å². The Hall–Kier alpha value is -2.05. The van der Waals surface area contributed by atoms with Crippen molar-refractivity contribution in [1.29, 1.82) is 0 Å². The Bertz CT molecular complexity index is 542. The zero-order chi connectivity index (χ0) is 12.4. The van der Waals surface area contributed by atoms with Crippen LogP contribution in [-0.2, 0) is 6.54 Å². The van der Waals surface area contributed by atoms with E-state index >= 15 is 0 Å². The van der Waals surface area contributed by atoms with E-state index in [-0.39, 0.29) is 18.1 Å². The maximum Gasteiger partial charge on any atom is 0.223 e. The van der Waals surface area contributed by atoms with Crippen LogP contribution < -0.4 is 5.32 Å². The van der Waals surface area contributed by atoms with Crippen LogP contribution in [0, 0.1) is 24.4 Å². The number of halogens is 3. The molecule has 0 bridgehead atoms. The molecule has 0 amide bonds. The molecule has 0 aliphatic carbocycles. The highest BCUT2D eigenvalue weighted by atomic mass is 19.2. The third kappa shape index (κ3) is 2.55. The van der Waals surface area contributed by atoms with E-state index < -0.39 is 17.5 Å². The molecule has 1 aromatic carbocycles. The van der Waals surface area contributed by atoms with Crippen molar-refractivity contribution in [2.75, 3.05) is 5.32 Å². The summed E-state index contributed by atoms with van der Waals surface area (Å²) in [7, 11) is 0. The van der Waals surface area contributed by atoms with Crippen molar-refractivity contribution in [3.63, 3.8) is 0 Å². The number of rotatable bonds is 3. The Kier molecular flexibility index (Phi) is 2.99. The molecule has 1 heterocycles. The van der Waals surface area contributed by atoms with Gasteiger partial charge in [-0.25, -0.2) is 13.2 Å². The number of aryl methyl sites for hydroxylation is 1. The fourth-order valence-electron chi connectivity index (χ4n) is 1.27. The van der Waals surface area contributed by atoms with Crippen molar-refractivity contribution in [2.45, 2.75) is 13.5 Å². The lowest BCUT2D eigenvalue weighted by atomic mass is 10.3. The number of nitrogens with one attached hydrogen (secondary N) is 1. The highest BCUT2D eigenvalue weighted by Crippen LogP contribution is 2.19. The largest absolute Gasteiger partial charge is 0.375 e. The van der Waals surface area contributed by atoms with E-state index in [1.54, 1.807) is 6.92 Å². The summed E-state index contributed by atoms with van der Waals surface area (Å²) in [5, 5.41) is 6.03. The highest BCUT2D eigenvalue weighted by molar-refractivity contribution is 5.45. The maximum atomic E-state index is 13.2. The minimum atomic E-state index is -1.25. The van der Waals surface area contributed by atoms with E-state index in [0.717, 1.165) is 6.07 Å². The Labute approximate surface area is 94.4 Å². The second-order valence-electron chi connectivity index (χ2n) is 3.33. The van der Waals surface area contributed by atoms with Gasteiger partial charge in [-0.05, 0) is 0 Å². The zero-order valence-electron chi connectivity index (χ0n) is 8.80. The van der Waals surface area contributed by atoms with Crippen LogP contribution in [-0.4, -0.2) is 10.1 Å². The van der Waals surface area contributed by atoms with Crippen molar-refractivity contribution in [2.24, 2.45) is 0 Å². The van der Waals surface area contributed by atoms with E-state index in [4.69, 9.17) is 0 Å². The van der Waals surface area contributed by atoms with Gasteiger partial charge in [0.25, 0.3) is 0 Å². The SMILES string of the molecule is Cc1nc(CNc2cc(F)cc(F)c2F)no1. The zero-order valence-corrected chi connectivity index (χ0v) is 8.80. The van der Waals surface area contributed by atoms with E-state index in [2.05, 4.69) is 20.0 Å². The molecule has 7 heteroatoms. The van der Waals surface area contributed by atoms with Crippen molar-refractivity contribution in [3.05, 3.63) is 41.3 Å². The molecule has 2 rings (SSSR count). The summed E-state index contributed by atoms with van der Waals surface area (Å²) in [5.74, 6) is -2.64. The predicted octanol–water partition coefficient (Wildman–Crippen LogP) is 2.41. The summed E-state index contributed by atoms with van der Waals surface area (Å²) >= 11 is 0. The predicted molar refractivity (Wildman–Crippen MR) is 52.7 cm³/mol. The molecule has 0 radical (unpaired) electrons. The third-order valence-corrected chi connectivity index (χ3v) is 2.00. The van der Waals surface area contributed by atoms with E-state index in [1.807, 2.05) is 0 Å². The average Bonchev–Trinajstić information content (AvgIpc) is 2.67. The van der Waals surface area contributed by atoms with Gasteiger partial charge in [-0.3, -0.25) is 0 Å². The van der Waals surface area contributed by atoms with E-state index in [9.17, 15) is 13.2 Å². The molecule has 90 valence electrons. The van der Waals surface area contributed by atoms with Gasteiger partial charge in [0.1, 0.15) is 5.82 Å². The molecular weight excluding hydrogens is 235 g/mol. The summed E-state index contributed by atoms with van der Waals surface area (Å²) in [6.07, 6.45) is 0. The number of anilines is 1. The van der Waals surface area contributed by atoms with Crippen LogP contribution in [0.15, 0.2) is 16.7 Å². The molecule has 0 unspecified atom stereocenters. The Morgan fingerprint density at radius 2 is 2.06 bits per heavy atom. The van der Waals surface area contributed by atoms with E-state index in [0.29, 0.717) is 12.0 Å². The fourth-order valence-corrected chi connectivity index (χ4v) is 1.27. The summed E-state index contributed by atoms with van der Waals surface area (Å²) < 4.78 is 43.6. The number of benzene rings is 1. The summed E-state index contributed by atoms with van der Waals surface area (Å²) in [6.45, 7) is 1.61. The van der Waals surface area contributed by atoms with Gasteiger partial charge in [-0.2, -0.15) is 4.98 Å². The molecule has 0 atom stereocenters. The Morgan fingerprint density at radius 1 is 1.29 bits per heavy atom. The first-order valence-corrected chi connectivity index (χ1v) is 4.74. The van der Waals surface area contributed by atoms with Gasteiger partial charge in [0.2, 0.25) is 5.89 Å². The number of hydrogen-bond donors (Lipinski definition) is 1. The third-order valence-electron chi connectivity index (χ3n) is 2.00. The molecule has 4 nitrogen and oxygen atoms in total. The van der Waals surface area contributed by atoms with Crippen molar-refractivity contribution in [1.82, 2.24) is 10.1 Å². The minimum absolute atomic E-state index is 0.0111. The number of nitrogens with zero attached hydrogens (tertiary/aromatic N) is 2. The highest BCUT2D eigenvalue weighted by Gasteiger charge is 2.11. The van der Waals surface area contributed by atoms with Crippen molar-refractivity contribution in [3.8, 4) is 0 Å². The van der Waals surface area contributed by atoms with E-state index in [1.165, 1.54) is 0 Å². The van der Waals surface area contributed by atoms with Crippen LogP contribution in [0.4, 0.5) is 18.9 Å². The van der Waals surface area contributed by atoms with Gasteiger partial charge in [0.05, 0.1) is 12.2 Å². The molecule has 0 saturated carbocycles. The second-order valence-corrected chi connectivity index (χ2v) is 3.33. The molecule has 0 aliphatic rings. The summed E-state index contributed by atoms with van der Waals surface area (Å²) in [5.41, 5.74) is -0.287. The first-order valence-electron chi connectivity index (χ1n) is 4.74. The van der Waals surface area contributed by atoms with Crippen LogP contribution in [0.5, 0.6) is 0 Å². The lowest BCUT2D eigenvalue weighted by Crippen LogP contribution is -2.05. The smallest absolute Gasteiger partial charge is 0.223 e. The topological polar surface area (TPSA) is 51.0 Å². The number of hydrogen-bond acceptors (Lipinski definition) is 4. The molecular formula is C10H8F3N3O. The molecule has 17 heavy (non-hydrogen) atoms. The second kappa shape index (κ2) is 4.44. The van der Waals surface area contributed by atoms with Crippen LogP contribution in [0.3, 0.4) is 0 Å². The Balaban J connectivity index is 2.14. The molecule has 0 aliphatic heterocycles. The molecule has 0 saturated heterocycles. The average molecular weight is 243 g/mol. The van der Waals surface area contributed by atoms with Crippen LogP contribution in [0.25, 0.3) is 0 Å². The molecule has 1 aromatic heterocycles. The van der Waals surface area contributed by atoms with Crippen molar-refractivity contribution < 1.29 is 17.7 Å². The first kappa shape index (κ1) is 11.4. The molecule has 1 N–H and O–H groups in total. The lowest BCUT2D eigenvalue weighted by Gasteiger charge is -2.05. The van der Waals surface area contributed by atoms with Crippen LogP contribution >= 0.6 is 0 Å². The number of aromatic nitrogens is 2. The van der Waals surface area contributed by atoms with Gasteiger partial charge < -0.3 is 9.84 Å².